The molecule has 0 aliphatic heterocycles. The van der Waals surface area contributed by atoms with E-state index in [2.05, 4.69) is 23.8 Å². The molecule has 158 valence electrons. The Morgan fingerprint density at radius 1 is 0.781 bits per heavy atom. The van der Waals surface area contributed by atoms with Crippen LogP contribution in [0.2, 0.25) is 10.0 Å². The topological polar surface area (TPSA) is 51.5 Å². The van der Waals surface area contributed by atoms with Crippen LogP contribution in [0.5, 0.6) is 0 Å². The third kappa shape index (κ3) is 4.07. The van der Waals surface area contributed by atoms with Gasteiger partial charge in [-0.25, -0.2) is 4.98 Å². The van der Waals surface area contributed by atoms with Gasteiger partial charge >= 0.3 is 0 Å². The molecule has 0 radical (unpaired) electrons. The average Bonchev–Trinajstić information content (AvgIpc) is 3.42. The first-order valence-corrected chi connectivity index (χ1v) is 10.8. The molecule has 2 aromatic heterocycles. The van der Waals surface area contributed by atoms with Crippen LogP contribution in [0.3, 0.4) is 0 Å². The third-order valence-electron chi connectivity index (χ3n) is 5.29. The van der Waals surface area contributed by atoms with Crippen molar-refractivity contribution >= 4 is 46.2 Å². The molecule has 0 spiro atoms. The van der Waals surface area contributed by atoms with Gasteiger partial charge in [-0.05, 0) is 91.7 Å². The fourth-order valence-electron chi connectivity index (χ4n) is 3.36. The fourth-order valence-corrected chi connectivity index (χ4v) is 3.66. The highest BCUT2D eigenvalue weighted by molar-refractivity contribution is 6.42. The maximum atomic E-state index is 6.09. The third-order valence-corrected chi connectivity index (χ3v) is 6.03. The average molecular weight is 461 g/mol. The molecule has 0 amide bonds. The molecule has 5 rings (SSSR count). The molecule has 0 aliphatic rings. The lowest BCUT2D eigenvalue weighted by Crippen LogP contribution is -1.80. The number of hydrogen-bond acceptors (Lipinski definition) is 4. The molecular weight excluding hydrogens is 443 g/mol. The SMILES string of the molecule is Cc1cc2nc(-c3ccc(N=Cc4ccc(-c5ccc(Cl)c(Cl)c5)o4)cc3)oc2cc1C. The second kappa shape index (κ2) is 8.30. The number of halogens is 2. The minimum Gasteiger partial charge on any atom is -0.455 e. The molecule has 6 heteroatoms. The van der Waals surface area contributed by atoms with Gasteiger partial charge in [0.2, 0.25) is 5.89 Å². The van der Waals surface area contributed by atoms with Crippen molar-refractivity contribution in [3.63, 3.8) is 0 Å². The van der Waals surface area contributed by atoms with E-state index in [-0.39, 0.29) is 0 Å². The highest BCUT2D eigenvalue weighted by Gasteiger charge is 2.10. The smallest absolute Gasteiger partial charge is 0.227 e. The summed E-state index contributed by atoms with van der Waals surface area (Å²) in [5.41, 5.74) is 6.58. The molecule has 32 heavy (non-hydrogen) atoms. The van der Waals surface area contributed by atoms with Crippen molar-refractivity contribution in [2.75, 3.05) is 0 Å². The van der Waals surface area contributed by atoms with Crippen molar-refractivity contribution < 1.29 is 8.83 Å². The van der Waals surface area contributed by atoms with Crippen LogP contribution in [0, 0.1) is 13.8 Å². The Kier molecular flexibility index (Phi) is 5.33. The van der Waals surface area contributed by atoms with Crippen LogP contribution in [0.4, 0.5) is 5.69 Å². The zero-order chi connectivity index (χ0) is 22.2. The van der Waals surface area contributed by atoms with Crippen LogP contribution in [-0.2, 0) is 0 Å². The van der Waals surface area contributed by atoms with Crippen LogP contribution in [0.15, 0.2) is 80.6 Å². The quantitative estimate of drug-likeness (QED) is 0.252. The summed E-state index contributed by atoms with van der Waals surface area (Å²) in [4.78, 5) is 9.11. The number of nitrogens with zero attached hydrogens (tertiary/aromatic N) is 2. The molecule has 0 unspecified atom stereocenters. The second-order valence-corrected chi connectivity index (χ2v) is 8.37. The molecular formula is C26H18Cl2N2O2. The Bertz CT molecular complexity index is 1420. The Morgan fingerprint density at radius 2 is 1.53 bits per heavy atom. The lowest BCUT2D eigenvalue weighted by Gasteiger charge is -1.99. The number of oxazole rings is 1. The van der Waals surface area contributed by atoms with Gasteiger partial charge in [-0.15, -0.1) is 0 Å². The summed E-state index contributed by atoms with van der Waals surface area (Å²) in [5.74, 6) is 1.93. The van der Waals surface area contributed by atoms with Crippen molar-refractivity contribution in [2.24, 2.45) is 4.99 Å². The van der Waals surface area contributed by atoms with Crippen LogP contribution in [-0.4, -0.2) is 11.2 Å². The van der Waals surface area contributed by atoms with Gasteiger partial charge in [-0.3, -0.25) is 4.99 Å². The summed E-state index contributed by atoms with van der Waals surface area (Å²) in [5, 5.41) is 0.996. The van der Waals surface area contributed by atoms with Crippen LogP contribution in [0.25, 0.3) is 33.9 Å². The van der Waals surface area contributed by atoms with Gasteiger partial charge in [0.1, 0.15) is 17.0 Å². The van der Waals surface area contributed by atoms with Gasteiger partial charge < -0.3 is 8.83 Å². The van der Waals surface area contributed by atoms with E-state index >= 15 is 0 Å². The summed E-state index contributed by atoms with van der Waals surface area (Å²) in [6.07, 6.45) is 1.68. The number of hydrogen-bond donors (Lipinski definition) is 0. The molecule has 0 aliphatic carbocycles. The minimum absolute atomic E-state index is 0.486. The van der Waals surface area contributed by atoms with Gasteiger partial charge in [0.05, 0.1) is 21.9 Å². The van der Waals surface area contributed by atoms with E-state index in [9.17, 15) is 0 Å². The number of benzene rings is 3. The first-order valence-electron chi connectivity index (χ1n) is 10.0. The number of furan rings is 1. The highest BCUT2D eigenvalue weighted by Crippen LogP contribution is 2.30. The summed E-state index contributed by atoms with van der Waals surface area (Å²) < 4.78 is 11.8. The molecule has 0 atom stereocenters. The van der Waals surface area contributed by atoms with E-state index in [0.29, 0.717) is 27.5 Å². The van der Waals surface area contributed by atoms with Gasteiger partial charge in [0.15, 0.2) is 5.58 Å². The molecule has 4 nitrogen and oxygen atoms in total. The molecule has 0 N–H and O–H groups in total. The maximum absolute atomic E-state index is 6.09. The number of fused-ring (bicyclic) bond motifs is 1. The van der Waals surface area contributed by atoms with E-state index in [4.69, 9.17) is 32.0 Å². The van der Waals surface area contributed by atoms with Crippen molar-refractivity contribution in [3.05, 3.63) is 93.7 Å². The highest BCUT2D eigenvalue weighted by atomic mass is 35.5. The van der Waals surface area contributed by atoms with E-state index in [1.165, 1.54) is 11.1 Å². The Hall–Kier alpha value is -3.34. The molecule has 5 aromatic rings. The van der Waals surface area contributed by atoms with Crippen LogP contribution < -0.4 is 0 Å². The van der Waals surface area contributed by atoms with E-state index in [0.717, 1.165) is 27.9 Å². The van der Waals surface area contributed by atoms with Gasteiger partial charge in [-0.2, -0.15) is 0 Å². The predicted molar refractivity (Wildman–Crippen MR) is 130 cm³/mol. The van der Waals surface area contributed by atoms with E-state index in [1.54, 1.807) is 18.3 Å². The molecule has 2 heterocycles. The summed E-state index contributed by atoms with van der Waals surface area (Å²) >= 11 is 12.1. The number of aromatic nitrogens is 1. The van der Waals surface area contributed by atoms with Crippen molar-refractivity contribution in [1.82, 2.24) is 4.98 Å². The molecule has 3 aromatic carbocycles. The van der Waals surface area contributed by atoms with Gasteiger partial charge in [0, 0.05) is 11.1 Å². The van der Waals surface area contributed by atoms with Crippen molar-refractivity contribution in [2.45, 2.75) is 13.8 Å². The number of aryl methyl sites for hydroxylation is 2. The molecule has 0 fully saturated rings. The molecule has 0 bridgehead atoms. The van der Waals surface area contributed by atoms with Crippen molar-refractivity contribution in [3.8, 4) is 22.8 Å². The number of aliphatic imine (C=N–C) groups is 1. The fraction of sp³-hybridized carbons (Fsp3) is 0.0769. The number of rotatable bonds is 4. The summed E-state index contributed by atoms with van der Waals surface area (Å²) in [6, 6.07) is 20.9. The van der Waals surface area contributed by atoms with E-state index < -0.39 is 0 Å². The zero-order valence-corrected chi connectivity index (χ0v) is 18.9. The lowest BCUT2D eigenvalue weighted by atomic mass is 10.1. The minimum atomic E-state index is 0.486. The second-order valence-electron chi connectivity index (χ2n) is 7.56. The van der Waals surface area contributed by atoms with Gasteiger partial charge in [-0.1, -0.05) is 23.2 Å². The Labute approximate surface area is 195 Å². The van der Waals surface area contributed by atoms with Gasteiger partial charge in [0.25, 0.3) is 0 Å². The molecule has 0 saturated carbocycles. The first-order chi connectivity index (χ1) is 15.5. The summed E-state index contributed by atoms with van der Waals surface area (Å²) in [6.45, 7) is 4.14. The first kappa shape index (κ1) is 20.6. The monoisotopic (exact) mass is 460 g/mol. The normalized spacial score (nSPS) is 11.6. The molecule has 0 saturated heterocycles. The van der Waals surface area contributed by atoms with Crippen LogP contribution in [0.1, 0.15) is 16.9 Å². The maximum Gasteiger partial charge on any atom is 0.227 e. The van der Waals surface area contributed by atoms with Crippen LogP contribution >= 0.6 is 23.2 Å². The Morgan fingerprint density at radius 3 is 2.31 bits per heavy atom. The summed E-state index contributed by atoms with van der Waals surface area (Å²) in [7, 11) is 0. The largest absolute Gasteiger partial charge is 0.455 e. The predicted octanol–water partition coefficient (Wildman–Crippen LogP) is 8.43. The zero-order valence-electron chi connectivity index (χ0n) is 17.4. The Balaban J connectivity index is 1.34. The van der Waals surface area contributed by atoms with E-state index in [1.807, 2.05) is 54.6 Å². The standard InChI is InChI=1S/C26H18Cl2N2O2/c1-15-11-23-25(12-16(15)2)32-26(30-23)17-3-6-19(7-4-17)29-14-20-8-10-24(31-20)18-5-9-21(27)22(28)13-18/h3-14H,1-2H3. The van der Waals surface area contributed by atoms with Crippen molar-refractivity contribution in [1.29, 1.82) is 0 Å². The lowest BCUT2D eigenvalue weighted by molar-refractivity contribution is 0.575.